The van der Waals surface area contributed by atoms with Crippen molar-refractivity contribution >= 4 is 29.7 Å². The van der Waals surface area contributed by atoms with Crippen LogP contribution in [0.1, 0.15) is 78.4 Å². The van der Waals surface area contributed by atoms with E-state index in [0.29, 0.717) is 65.1 Å². The first kappa shape index (κ1) is 40.7. The van der Waals surface area contributed by atoms with Crippen LogP contribution >= 0.6 is 11.8 Å². The molecule has 5 heterocycles. The zero-order valence-electron chi connectivity index (χ0n) is 33.8. The number of thioether (sulfide) groups is 1. The van der Waals surface area contributed by atoms with Gasteiger partial charge in [0.1, 0.15) is 23.4 Å². The number of amides is 2. The van der Waals surface area contributed by atoms with Crippen molar-refractivity contribution in [3.8, 4) is 34.8 Å². The fraction of sp³-hybridized carbons (Fsp3) is 0.600. The van der Waals surface area contributed by atoms with Gasteiger partial charge in [-0.25, -0.2) is 4.79 Å². The second-order valence-electron chi connectivity index (χ2n) is 15.8. The van der Waals surface area contributed by atoms with Gasteiger partial charge in [-0.1, -0.05) is 6.07 Å². The van der Waals surface area contributed by atoms with Crippen molar-refractivity contribution in [1.82, 2.24) is 20.4 Å². The van der Waals surface area contributed by atoms with Gasteiger partial charge in [0.25, 0.3) is 0 Å². The highest BCUT2D eigenvalue weighted by Crippen LogP contribution is 2.64. The molecule has 2 N–H and O–H groups in total. The number of aryl methyl sites for hydroxylation is 1. The minimum Gasteiger partial charge on any atom is -0.493 e. The maximum absolute atomic E-state index is 14.0. The summed E-state index contributed by atoms with van der Waals surface area (Å²) in [6.45, 7) is 11.1. The average molecular weight is 810 g/mol. The van der Waals surface area contributed by atoms with Crippen LogP contribution < -0.4 is 34.3 Å². The van der Waals surface area contributed by atoms with Crippen molar-refractivity contribution in [3.05, 3.63) is 39.4 Å². The maximum Gasteiger partial charge on any atom is 0.408 e. The zero-order chi connectivity index (χ0) is 40.9. The predicted molar refractivity (Wildman–Crippen MR) is 207 cm³/mol. The molecule has 4 bridgehead atoms. The standard InChI is InChI=1S/C40H51N5O11S/c1-19-12-22-13-24-25(14-41)45-26-15-42-38(47)23(43-39(48)56-40(4,5)6)16-57-37(29-28(26)36-34(53-18-54-36)20(2)33(29)55-21(3)46)31(45)30(44(24)7)27(22)35(32(19)50-9)52-17-51-11-10-49-8/h12,23-26,30-31,37H,10-11,13,15-18H2,1-9H3,(H,42,47)(H,43,48)/t23?,24-,25-,26+,30+,31?,37+/m0/s1. The molecule has 57 heavy (non-hydrogen) atoms. The van der Waals surface area contributed by atoms with Crippen LogP contribution in [0.15, 0.2) is 6.07 Å². The number of benzene rings is 2. The molecule has 7 atom stereocenters. The second kappa shape index (κ2) is 16.1. The molecule has 5 aliphatic rings. The molecule has 0 spiro atoms. The number of nitrogens with one attached hydrogen (secondary N) is 2. The van der Waals surface area contributed by atoms with Crippen LogP contribution in [0.3, 0.4) is 0 Å². The van der Waals surface area contributed by atoms with Crippen LogP contribution in [0.4, 0.5) is 4.79 Å². The largest absolute Gasteiger partial charge is 0.493 e. The highest BCUT2D eigenvalue weighted by molar-refractivity contribution is 7.99. The van der Waals surface area contributed by atoms with Gasteiger partial charge in [0.05, 0.1) is 43.7 Å². The Balaban J connectivity index is 1.46. The number of nitrogens with zero attached hydrogens (tertiary/aromatic N) is 3. The second-order valence-corrected chi connectivity index (χ2v) is 17.0. The van der Waals surface area contributed by atoms with E-state index in [9.17, 15) is 19.6 Å². The number of likely N-dealkylation sites (N-methyl/N-ethyl adjacent to an activating group) is 1. The van der Waals surface area contributed by atoms with Gasteiger partial charge in [0.2, 0.25) is 12.7 Å². The zero-order valence-corrected chi connectivity index (χ0v) is 34.6. The Labute approximate surface area is 336 Å². The Morgan fingerprint density at radius 3 is 2.53 bits per heavy atom. The molecule has 16 nitrogen and oxygen atoms in total. The summed E-state index contributed by atoms with van der Waals surface area (Å²) in [4.78, 5) is 44.5. The van der Waals surface area contributed by atoms with E-state index in [-0.39, 0.29) is 31.9 Å². The topological polar surface area (TPSA) is 179 Å². The van der Waals surface area contributed by atoms with E-state index in [1.54, 1.807) is 35.0 Å². The lowest BCUT2D eigenvalue weighted by atomic mass is 9.71. The number of nitriles is 1. The van der Waals surface area contributed by atoms with Gasteiger partial charge < -0.3 is 48.5 Å². The SMILES string of the molecule is COCCOCOc1c(OC)c(C)cc2c1[C@@H]1C3[C@@H]4SCC(NC(=O)OC(C)(C)C)C(=O)NC[C@H](c5c6c(c(C)c(OC(C)=O)c54)OCO6)N3[C@@H](C#N)[C@H](C2)N1C. The molecular formula is C40H51N5O11S. The van der Waals surface area contributed by atoms with Crippen LogP contribution in [0.5, 0.6) is 28.7 Å². The summed E-state index contributed by atoms with van der Waals surface area (Å²) in [7, 11) is 5.23. The maximum atomic E-state index is 14.0. The van der Waals surface area contributed by atoms with Crippen LogP contribution in [-0.2, 0) is 30.2 Å². The number of alkyl carbamates (subject to hydrolysis) is 1. The molecule has 2 saturated heterocycles. The highest BCUT2D eigenvalue weighted by Gasteiger charge is 2.60. The third-order valence-corrected chi connectivity index (χ3v) is 12.6. The van der Waals surface area contributed by atoms with Crippen molar-refractivity contribution in [1.29, 1.82) is 5.26 Å². The molecule has 2 aromatic rings. The number of methoxy groups -OCH3 is 2. The van der Waals surface area contributed by atoms with E-state index < -0.39 is 59.0 Å². The summed E-state index contributed by atoms with van der Waals surface area (Å²) in [6.07, 6.45) is -0.193. The third-order valence-electron chi connectivity index (χ3n) is 11.2. The molecule has 2 amide bonds. The van der Waals surface area contributed by atoms with E-state index in [1.807, 2.05) is 20.9 Å². The Morgan fingerprint density at radius 2 is 1.84 bits per heavy atom. The van der Waals surface area contributed by atoms with Crippen molar-refractivity contribution in [2.24, 2.45) is 0 Å². The molecule has 5 aliphatic heterocycles. The van der Waals surface area contributed by atoms with E-state index in [0.717, 1.165) is 16.7 Å². The molecule has 2 unspecified atom stereocenters. The number of rotatable bonds is 9. The average Bonchev–Trinajstić information content (AvgIpc) is 3.63. The first-order chi connectivity index (χ1) is 27.2. The van der Waals surface area contributed by atoms with Crippen molar-refractivity contribution < 1.29 is 52.3 Å². The monoisotopic (exact) mass is 809 g/mol. The van der Waals surface area contributed by atoms with Gasteiger partial charge >= 0.3 is 12.1 Å². The molecule has 0 radical (unpaired) electrons. The van der Waals surface area contributed by atoms with Crippen LogP contribution in [0.25, 0.3) is 0 Å². The van der Waals surface area contributed by atoms with E-state index >= 15 is 0 Å². The van der Waals surface area contributed by atoms with Gasteiger partial charge in [-0.05, 0) is 59.2 Å². The lowest BCUT2D eigenvalue weighted by Crippen LogP contribution is -2.70. The molecular weight excluding hydrogens is 759 g/mol. The molecule has 2 fully saturated rings. The number of hydrogen-bond donors (Lipinski definition) is 2. The number of esters is 1. The fourth-order valence-corrected chi connectivity index (χ4v) is 10.6. The molecule has 17 heteroatoms. The summed E-state index contributed by atoms with van der Waals surface area (Å²) in [5.41, 5.74) is 3.98. The Morgan fingerprint density at radius 1 is 1.09 bits per heavy atom. The Kier molecular flexibility index (Phi) is 11.5. The van der Waals surface area contributed by atoms with E-state index in [4.69, 9.17) is 37.9 Å². The van der Waals surface area contributed by atoms with E-state index in [2.05, 4.69) is 32.6 Å². The molecule has 7 rings (SSSR count). The molecule has 2 aromatic carbocycles. The van der Waals surface area contributed by atoms with Crippen LogP contribution in [0, 0.1) is 25.2 Å². The quantitative estimate of drug-likeness (QED) is 0.161. The first-order valence-corrected chi connectivity index (χ1v) is 20.1. The summed E-state index contributed by atoms with van der Waals surface area (Å²) < 4.78 is 47.4. The molecule has 0 aliphatic carbocycles. The molecule has 0 aromatic heterocycles. The van der Waals surface area contributed by atoms with Gasteiger partial charge in [0, 0.05) is 60.7 Å². The lowest BCUT2D eigenvalue weighted by Gasteiger charge is -2.62. The van der Waals surface area contributed by atoms with Gasteiger partial charge in [0.15, 0.2) is 29.8 Å². The smallest absolute Gasteiger partial charge is 0.408 e. The number of fused-ring (bicyclic) bond motifs is 9. The van der Waals surface area contributed by atoms with Crippen LogP contribution in [0.2, 0.25) is 0 Å². The van der Waals surface area contributed by atoms with Gasteiger partial charge in [-0.15, -0.1) is 11.8 Å². The first-order valence-electron chi connectivity index (χ1n) is 19.0. The summed E-state index contributed by atoms with van der Waals surface area (Å²) >= 11 is 1.43. The number of ether oxygens (including phenoxy) is 8. The van der Waals surface area contributed by atoms with Crippen molar-refractivity contribution in [2.45, 2.75) is 95.1 Å². The predicted octanol–water partition coefficient (Wildman–Crippen LogP) is 3.99. The lowest BCUT2D eigenvalue weighted by molar-refractivity contribution is -0.132. The summed E-state index contributed by atoms with van der Waals surface area (Å²) in [5, 5.41) is 16.5. The molecule has 0 saturated carbocycles. The Bertz CT molecular complexity index is 1980. The van der Waals surface area contributed by atoms with Crippen LogP contribution in [-0.4, -0.2) is 118 Å². The van der Waals surface area contributed by atoms with Gasteiger partial charge in [-0.3, -0.25) is 19.4 Å². The number of piperazine rings is 1. The fourth-order valence-electron chi connectivity index (χ4n) is 9.05. The minimum atomic E-state index is -0.987. The van der Waals surface area contributed by atoms with Gasteiger partial charge in [-0.2, -0.15) is 5.26 Å². The number of carbonyl (C=O) groups excluding carboxylic acids is 3. The minimum absolute atomic E-state index is 0.0344. The van der Waals surface area contributed by atoms with Crippen molar-refractivity contribution in [2.75, 3.05) is 60.4 Å². The molecule has 308 valence electrons. The summed E-state index contributed by atoms with van der Waals surface area (Å²) in [6, 6.07) is 1.30. The number of hydrogen-bond acceptors (Lipinski definition) is 15. The highest BCUT2D eigenvalue weighted by atomic mass is 32.2. The number of carbonyl (C=O) groups is 3. The van der Waals surface area contributed by atoms with Crippen molar-refractivity contribution in [3.63, 3.8) is 0 Å². The normalized spacial score (nSPS) is 26.2. The van der Waals surface area contributed by atoms with E-state index in [1.165, 1.54) is 18.7 Å². The third kappa shape index (κ3) is 7.31. The Hall–Kier alpha value is -4.47. The summed E-state index contributed by atoms with van der Waals surface area (Å²) in [5.74, 6) is 1.56.